The lowest BCUT2D eigenvalue weighted by Crippen LogP contribution is -2.50. The highest BCUT2D eigenvalue weighted by atomic mass is 16.2. The van der Waals surface area contributed by atoms with E-state index in [1.54, 1.807) is 16.6 Å². The van der Waals surface area contributed by atoms with Gasteiger partial charge in [-0.05, 0) is 12.8 Å². The molecule has 3 amide bonds. The Morgan fingerprint density at radius 1 is 1.32 bits per heavy atom. The average Bonchev–Trinajstić information content (AvgIpc) is 2.89. The van der Waals surface area contributed by atoms with E-state index >= 15 is 0 Å². The van der Waals surface area contributed by atoms with Crippen LogP contribution in [0, 0.1) is 0 Å². The highest BCUT2D eigenvalue weighted by Gasteiger charge is 2.53. The van der Waals surface area contributed by atoms with E-state index in [0.717, 1.165) is 32.1 Å². The fourth-order valence-electron chi connectivity index (χ4n) is 3.06. The smallest absolute Gasteiger partial charge is 0.302 e. The van der Waals surface area contributed by atoms with Gasteiger partial charge in [0.05, 0.1) is 6.54 Å². The second kappa shape index (κ2) is 4.32. The summed E-state index contributed by atoms with van der Waals surface area (Å²) in [5.74, 6) is 0.536. The number of hydrogen-bond donors (Lipinski definition) is 1. The first-order valence-electron chi connectivity index (χ1n) is 6.59. The number of carbonyl (C=O) groups excluding carboxylic acids is 2. The van der Waals surface area contributed by atoms with Gasteiger partial charge in [-0.3, -0.25) is 14.8 Å². The number of rotatable bonds is 2. The van der Waals surface area contributed by atoms with E-state index < -0.39 is 5.54 Å². The summed E-state index contributed by atoms with van der Waals surface area (Å²) in [6.45, 7) is 0.327. The average molecular weight is 263 g/mol. The number of hydrogen-bond acceptors (Lipinski definition) is 4. The summed E-state index contributed by atoms with van der Waals surface area (Å²) in [4.78, 5) is 30.0. The molecule has 3 rings (SSSR count). The molecule has 1 aliphatic heterocycles. The van der Waals surface area contributed by atoms with E-state index in [1.807, 2.05) is 0 Å². The SMILES string of the molecule is Cn1ncnc1CN1C(=O)NC(=O)C12CCCCC2. The number of nitrogens with one attached hydrogen (secondary N) is 1. The molecular formula is C12H17N5O2. The van der Waals surface area contributed by atoms with E-state index in [9.17, 15) is 9.59 Å². The van der Waals surface area contributed by atoms with Crippen molar-refractivity contribution in [2.24, 2.45) is 7.05 Å². The fourth-order valence-corrected chi connectivity index (χ4v) is 3.06. The Morgan fingerprint density at radius 3 is 2.68 bits per heavy atom. The van der Waals surface area contributed by atoms with Gasteiger partial charge in [-0.1, -0.05) is 19.3 Å². The van der Waals surface area contributed by atoms with Crippen LogP contribution in [0.2, 0.25) is 0 Å². The van der Waals surface area contributed by atoms with Crippen LogP contribution >= 0.6 is 0 Å². The zero-order valence-electron chi connectivity index (χ0n) is 10.9. The minimum Gasteiger partial charge on any atom is -0.302 e. The predicted molar refractivity (Wildman–Crippen MR) is 65.9 cm³/mol. The summed E-state index contributed by atoms with van der Waals surface area (Å²) in [5, 5.41) is 6.45. The number of carbonyl (C=O) groups is 2. The van der Waals surface area contributed by atoms with E-state index in [0.29, 0.717) is 12.4 Å². The van der Waals surface area contributed by atoms with Crippen molar-refractivity contribution in [3.05, 3.63) is 12.2 Å². The third-order valence-electron chi connectivity index (χ3n) is 4.19. The molecule has 2 fully saturated rings. The molecule has 1 saturated carbocycles. The molecule has 2 heterocycles. The molecule has 1 aromatic heterocycles. The van der Waals surface area contributed by atoms with Crippen molar-refractivity contribution in [2.45, 2.75) is 44.2 Å². The Balaban J connectivity index is 1.90. The molecule has 7 heteroatoms. The van der Waals surface area contributed by atoms with Gasteiger partial charge in [-0.15, -0.1) is 0 Å². The van der Waals surface area contributed by atoms with Crippen LogP contribution in [-0.2, 0) is 18.4 Å². The Labute approximate surface area is 111 Å². The van der Waals surface area contributed by atoms with Gasteiger partial charge >= 0.3 is 6.03 Å². The van der Waals surface area contributed by atoms with Crippen molar-refractivity contribution >= 4 is 11.9 Å². The van der Waals surface area contributed by atoms with Gasteiger partial charge in [0.1, 0.15) is 17.7 Å². The van der Waals surface area contributed by atoms with Crippen molar-refractivity contribution in [1.82, 2.24) is 25.0 Å². The summed E-state index contributed by atoms with van der Waals surface area (Å²) < 4.78 is 1.63. The molecule has 1 aliphatic carbocycles. The zero-order valence-corrected chi connectivity index (χ0v) is 10.9. The predicted octanol–water partition coefficient (Wildman–Crippen LogP) is 0.570. The Bertz CT molecular complexity index is 518. The lowest BCUT2D eigenvalue weighted by atomic mass is 9.80. The maximum absolute atomic E-state index is 12.2. The summed E-state index contributed by atoms with van der Waals surface area (Å²) in [7, 11) is 1.78. The molecule has 1 N–H and O–H groups in total. The first-order valence-corrected chi connectivity index (χ1v) is 6.59. The highest BCUT2D eigenvalue weighted by molar-refractivity contribution is 6.07. The quantitative estimate of drug-likeness (QED) is 0.791. The van der Waals surface area contributed by atoms with Crippen molar-refractivity contribution in [3.63, 3.8) is 0 Å². The summed E-state index contributed by atoms with van der Waals surface area (Å²) in [6, 6.07) is -0.310. The second-order valence-corrected chi connectivity index (χ2v) is 5.24. The molecule has 0 unspecified atom stereocenters. The van der Waals surface area contributed by atoms with Crippen LogP contribution in [0.15, 0.2) is 6.33 Å². The Hall–Kier alpha value is -1.92. The Morgan fingerprint density at radius 2 is 2.05 bits per heavy atom. The van der Waals surface area contributed by atoms with Crippen LogP contribution in [0.1, 0.15) is 37.9 Å². The maximum atomic E-state index is 12.2. The van der Waals surface area contributed by atoms with Gasteiger partial charge in [0.2, 0.25) is 0 Å². The van der Waals surface area contributed by atoms with Crippen molar-refractivity contribution in [3.8, 4) is 0 Å². The van der Waals surface area contributed by atoms with E-state index in [-0.39, 0.29) is 11.9 Å². The van der Waals surface area contributed by atoms with Crippen molar-refractivity contribution in [2.75, 3.05) is 0 Å². The standard InChI is InChI=1S/C12H17N5O2/c1-16-9(13-8-14-16)7-17-11(19)15-10(18)12(17)5-3-2-4-6-12/h8H,2-7H2,1H3,(H,15,18,19). The van der Waals surface area contributed by atoms with Crippen LogP contribution in [0.4, 0.5) is 4.79 Å². The van der Waals surface area contributed by atoms with Crippen LogP contribution < -0.4 is 5.32 Å². The lowest BCUT2D eigenvalue weighted by molar-refractivity contribution is -0.128. The molecule has 1 aromatic rings. The van der Waals surface area contributed by atoms with Gasteiger partial charge < -0.3 is 4.90 Å². The largest absolute Gasteiger partial charge is 0.325 e. The molecule has 1 spiro atoms. The molecule has 19 heavy (non-hydrogen) atoms. The fraction of sp³-hybridized carbons (Fsp3) is 0.667. The van der Waals surface area contributed by atoms with Gasteiger partial charge in [-0.2, -0.15) is 5.10 Å². The molecule has 0 bridgehead atoms. The van der Waals surface area contributed by atoms with Crippen LogP contribution in [0.5, 0.6) is 0 Å². The number of urea groups is 1. The van der Waals surface area contributed by atoms with Crippen molar-refractivity contribution < 1.29 is 9.59 Å². The van der Waals surface area contributed by atoms with Gasteiger partial charge in [-0.25, -0.2) is 9.78 Å². The third-order valence-corrected chi connectivity index (χ3v) is 4.19. The normalized spacial score (nSPS) is 22.1. The number of aryl methyl sites for hydroxylation is 1. The van der Waals surface area contributed by atoms with Crippen LogP contribution in [0.25, 0.3) is 0 Å². The first-order chi connectivity index (χ1) is 9.13. The highest BCUT2D eigenvalue weighted by Crippen LogP contribution is 2.37. The number of amides is 3. The number of imide groups is 1. The van der Waals surface area contributed by atoms with Gasteiger partial charge in [0.15, 0.2) is 0 Å². The molecule has 0 atom stereocenters. The first kappa shape index (κ1) is 12.1. The zero-order chi connectivity index (χ0) is 13.5. The summed E-state index contributed by atoms with van der Waals surface area (Å²) in [5.41, 5.74) is -0.665. The van der Waals surface area contributed by atoms with E-state index in [1.165, 1.54) is 6.33 Å². The number of nitrogens with zero attached hydrogens (tertiary/aromatic N) is 4. The minimum absolute atomic E-state index is 0.153. The molecular weight excluding hydrogens is 246 g/mol. The lowest BCUT2D eigenvalue weighted by Gasteiger charge is -2.37. The minimum atomic E-state index is -0.665. The van der Waals surface area contributed by atoms with Gasteiger partial charge in [0.25, 0.3) is 5.91 Å². The molecule has 7 nitrogen and oxygen atoms in total. The topological polar surface area (TPSA) is 80.1 Å². The van der Waals surface area contributed by atoms with Crippen LogP contribution in [0.3, 0.4) is 0 Å². The van der Waals surface area contributed by atoms with E-state index in [2.05, 4.69) is 15.4 Å². The molecule has 102 valence electrons. The number of aromatic nitrogens is 3. The van der Waals surface area contributed by atoms with E-state index in [4.69, 9.17) is 0 Å². The monoisotopic (exact) mass is 263 g/mol. The third kappa shape index (κ3) is 1.80. The molecule has 0 radical (unpaired) electrons. The second-order valence-electron chi connectivity index (χ2n) is 5.24. The van der Waals surface area contributed by atoms with Gasteiger partial charge in [0, 0.05) is 7.05 Å². The molecule has 2 aliphatic rings. The Kier molecular flexibility index (Phi) is 2.76. The molecule has 1 saturated heterocycles. The molecule has 0 aromatic carbocycles. The van der Waals surface area contributed by atoms with Crippen molar-refractivity contribution in [1.29, 1.82) is 0 Å². The van der Waals surface area contributed by atoms with Crippen LogP contribution in [-0.4, -0.2) is 37.1 Å². The maximum Gasteiger partial charge on any atom is 0.325 e. The summed E-state index contributed by atoms with van der Waals surface area (Å²) in [6.07, 6.45) is 6.02. The summed E-state index contributed by atoms with van der Waals surface area (Å²) >= 11 is 0.